The van der Waals surface area contributed by atoms with E-state index < -0.39 is 0 Å². The fraction of sp³-hybridized carbons (Fsp3) is 0.938. The van der Waals surface area contributed by atoms with E-state index in [0.717, 1.165) is 26.1 Å². The van der Waals surface area contributed by atoms with Crippen molar-refractivity contribution < 1.29 is 9.53 Å². The van der Waals surface area contributed by atoms with Gasteiger partial charge in [0.2, 0.25) is 5.91 Å². The lowest BCUT2D eigenvalue weighted by Gasteiger charge is -2.32. The second-order valence-electron chi connectivity index (χ2n) is 6.81. The minimum atomic E-state index is -0.146. The molecule has 1 unspecified atom stereocenters. The number of carbonyl (C=O) groups is 1. The number of amides is 1. The third-order valence-corrected chi connectivity index (χ3v) is 5.15. The number of morpholine rings is 1. The molecule has 0 bridgehead atoms. The molecule has 3 aliphatic rings. The zero-order valence-electron chi connectivity index (χ0n) is 13.2. The van der Waals surface area contributed by atoms with Gasteiger partial charge in [0.1, 0.15) is 6.04 Å². The Morgan fingerprint density at radius 3 is 2.81 bits per heavy atom. The predicted molar refractivity (Wildman–Crippen MR) is 82.2 cm³/mol. The lowest BCUT2D eigenvalue weighted by Crippen LogP contribution is -2.56. The van der Waals surface area contributed by atoms with Gasteiger partial charge in [-0.3, -0.25) is 4.79 Å². The zero-order valence-corrected chi connectivity index (χ0v) is 13.2. The Morgan fingerprint density at radius 1 is 1.24 bits per heavy atom. The van der Waals surface area contributed by atoms with Crippen LogP contribution in [0.1, 0.15) is 32.6 Å². The Morgan fingerprint density at radius 2 is 2.05 bits per heavy atom. The van der Waals surface area contributed by atoms with E-state index >= 15 is 0 Å². The molecule has 0 saturated carbocycles. The van der Waals surface area contributed by atoms with E-state index in [-0.39, 0.29) is 18.1 Å². The topological polar surface area (TPSA) is 44.8 Å². The van der Waals surface area contributed by atoms with Gasteiger partial charge in [-0.05, 0) is 45.2 Å². The lowest BCUT2D eigenvalue weighted by atomic mass is 10.1. The lowest BCUT2D eigenvalue weighted by molar-refractivity contribution is -0.138. The largest absolute Gasteiger partial charge is 0.375 e. The van der Waals surface area contributed by atoms with Crippen LogP contribution in [-0.4, -0.2) is 73.7 Å². The summed E-state index contributed by atoms with van der Waals surface area (Å²) in [6.45, 7) is 9.01. The number of carbonyl (C=O) groups excluding carboxylic acids is 1. The van der Waals surface area contributed by atoms with Gasteiger partial charge in [-0.15, -0.1) is 0 Å². The summed E-state index contributed by atoms with van der Waals surface area (Å²) in [7, 11) is 0. The van der Waals surface area contributed by atoms with Gasteiger partial charge in [0, 0.05) is 26.2 Å². The van der Waals surface area contributed by atoms with Crippen molar-refractivity contribution in [2.45, 2.75) is 44.8 Å². The number of likely N-dealkylation sites (tertiary alicyclic amines) is 2. The number of nitrogens with zero attached hydrogens (tertiary/aromatic N) is 2. The first-order valence-corrected chi connectivity index (χ1v) is 8.60. The molecular formula is C16H29N3O2. The van der Waals surface area contributed by atoms with E-state index in [4.69, 9.17) is 4.74 Å². The number of nitrogens with one attached hydrogen (secondary N) is 1. The maximum Gasteiger partial charge on any atom is 0.242 e. The summed E-state index contributed by atoms with van der Waals surface area (Å²) in [4.78, 5) is 17.3. The van der Waals surface area contributed by atoms with Crippen LogP contribution in [0.3, 0.4) is 0 Å². The highest BCUT2D eigenvalue weighted by Gasteiger charge is 2.35. The minimum absolute atomic E-state index is 0.00704. The highest BCUT2D eigenvalue weighted by molar-refractivity contribution is 5.83. The number of piperidine rings is 1. The second-order valence-corrected chi connectivity index (χ2v) is 6.81. The van der Waals surface area contributed by atoms with Crippen LogP contribution in [0.15, 0.2) is 0 Å². The minimum Gasteiger partial charge on any atom is -0.375 e. The Bertz CT molecular complexity index is 357. The van der Waals surface area contributed by atoms with Gasteiger partial charge in [0.05, 0.1) is 12.7 Å². The van der Waals surface area contributed by atoms with E-state index in [0.29, 0.717) is 12.5 Å². The van der Waals surface area contributed by atoms with E-state index in [9.17, 15) is 4.79 Å². The van der Waals surface area contributed by atoms with Crippen LogP contribution in [0, 0.1) is 5.92 Å². The first-order valence-electron chi connectivity index (χ1n) is 8.60. The normalized spacial score (nSPS) is 35.1. The molecule has 0 aromatic heterocycles. The molecule has 0 aromatic carbocycles. The first-order chi connectivity index (χ1) is 10.2. The molecule has 3 heterocycles. The fourth-order valence-electron chi connectivity index (χ4n) is 3.90. The molecular weight excluding hydrogens is 266 g/mol. The Hall–Kier alpha value is -0.650. The van der Waals surface area contributed by atoms with Crippen LogP contribution in [0.5, 0.6) is 0 Å². The van der Waals surface area contributed by atoms with Crippen LogP contribution in [-0.2, 0) is 9.53 Å². The first kappa shape index (κ1) is 15.3. The average molecular weight is 295 g/mol. The summed E-state index contributed by atoms with van der Waals surface area (Å²) in [6, 6.07) is -0.146. The van der Waals surface area contributed by atoms with Crippen molar-refractivity contribution in [2.75, 3.05) is 45.9 Å². The molecule has 3 rings (SSSR count). The molecule has 1 amide bonds. The summed E-state index contributed by atoms with van der Waals surface area (Å²) in [5.74, 6) is 0.898. The molecule has 3 atom stereocenters. The van der Waals surface area contributed by atoms with Crippen LogP contribution in [0.2, 0.25) is 0 Å². The summed E-state index contributed by atoms with van der Waals surface area (Å²) in [6.07, 6.45) is 5.22. The fourth-order valence-corrected chi connectivity index (χ4v) is 3.90. The maximum absolute atomic E-state index is 12.6. The average Bonchev–Trinajstić information content (AvgIpc) is 2.97. The highest BCUT2D eigenvalue weighted by Crippen LogP contribution is 2.21. The summed E-state index contributed by atoms with van der Waals surface area (Å²) in [5, 5.41) is 3.32. The summed E-state index contributed by atoms with van der Waals surface area (Å²) in [5.41, 5.74) is 0. The van der Waals surface area contributed by atoms with Crippen molar-refractivity contribution in [3.8, 4) is 0 Å². The van der Waals surface area contributed by atoms with Gasteiger partial charge in [-0.25, -0.2) is 0 Å². The summed E-state index contributed by atoms with van der Waals surface area (Å²) >= 11 is 0. The molecule has 21 heavy (non-hydrogen) atoms. The smallest absolute Gasteiger partial charge is 0.242 e. The number of ether oxygens (including phenoxy) is 1. The molecule has 5 heteroatoms. The Labute approximate surface area is 128 Å². The van der Waals surface area contributed by atoms with Crippen LogP contribution < -0.4 is 5.32 Å². The second kappa shape index (κ2) is 7.07. The van der Waals surface area contributed by atoms with Gasteiger partial charge in [0.15, 0.2) is 0 Å². The van der Waals surface area contributed by atoms with E-state index in [1.165, 1.54) is 38.9 Å². The van der Waals surface area contributed by atoms with E-state index in [2.05, 4.69) is 15.1 Å². The molecule has 0 radical (unpaired) electrons. The molecule has 3 saturated heterocycles. The van der Waals surface area contributed by atoms with Crippen LogP contribution in [0.4, 0.5) is 0 Å². The van der Waals surface area contributed by atoms with Gasteiger partial charge < -0.3 is 19.9 Å². The van der Waals surface area contributed by atoms with Gasteiger partial charge in [-0.2, -0.15) is 0 Å². The van der Waals surface area contributed by atoms with Crippen molar-refractivity contribution in [3.63, 3.8) is 0 Å². The molecule has 3 aliphatic heterocycles. The quantitative estimate of drug-likeness (QED) is 0.832. The van der Waals surface area contributed by atoms with Crippen LogP contribution >= 0.6 is 0 Å². The molecule has 0 aliphatic carbocycles. The van der Waals surface area contributed by atoms with E-state index in [1.54, 1.807) is 0 Å². The van der Waals surface area contributed by atoms with Gasteiger partial charge in [0.25, 0.3) is 0 Å². The SMILES string of the molecule is C[C@H]1OCCN[C@@H]1C(=O)N1CCC(CN2CCCCC2)C1. The van der Waals surface area contributed by atoms with Crippen molar-refractivity contribution in [3.05, 3.63) is 0 Å². The zero-order chi connectivity index (χ0) is 14.7. The molecule has 120 valence electrons. The molecule has 3 fully saturated rings. The molecule has 5 nitrogen and oxygen atoms in total. The predicted octanol–water partition coefficient (Wildman–Crippen LogP) is 0.698. The highest BCUT2D eigenvalue weighted by atomic mass is 16.5. The third-order valence-electron chi connectivity index (χ3n) is 5.15. The Balaban J connectivity index is 1.48. The maximum atomic E-state index is 12.6. The van der Waals surface area contributed by atoms with Crippen LogP contribution in [0.25, 0.3) is 0 Å². The van der Waals surface area contributed by atoms with Gasteiger partial charge >= 0.3 is 0 Å². The van der Waals surface area contributed by atoms with Crippen molar-refractivity contribution in [1.29, 1.82) is 0 Å². The third kappa shape index (κ3) is 3.76. The molecule has 0 aromatic rings. The van der Waals surface area contributed by atoms with Crippen molar-refractivity contribution >= 4 is 5.91 Å². The number of hydrogen-bond acceptors (Lipinski definition) is 4. The van der Waals surface area contributed by atoms with E-state index in [1.807, 2.05) is 6.92 Å². The molecule has 0 spiro atoms. The summed E-state index contributed by atoms with van der Waals surface area (Å²) < 4.78 is 5.60. The van der Waals surface area contributed by atoms with Crippen molar-refractivity contribution in [2.24, 2.45) is 5.92 Å². The van der Waals surface area contributed by atoms with Gasteiger partial charge in [-0.1, -0.05) is 6.42 Å². The molecule has 1 N–H and O–H groups in total. The number of hydrogen-bond donors (Lipinski definition) is 1. The number of rotatable bonds is 3. The monoisotopic (exact) mass is 295 g/mol. The van der Waals surface area contributed by atoms with Crippen molar-refractivity contribution in [1.82, 2.24) is 15.1 Å². The Kier molecular flexibility index (Phi) is 5.14. The standard InChI is InChI=1S/C16H29N3O2/c1-13-15(17-6-10-21-13)16(20)19-9-5-14(12-19)11-18-7-3-2-4-8-18/h13-15,17H,2-12H2,1H3/t13-,14?,15+/m1/s1.